The first-order valence-electron chi connectivity index (χ1n) is 10.4. The van der Waals surface area contributed by atoms with Gasteiger partial charge in [0.15, 0.2) is 5.96 Å². The summed E-state index contributed by atoms with van der Waals surface area (Å²) in [7, 11) is 3.43. The molecule has 1 aromatic rings. The molecule has 0 amide bonds. The van der Waals surface area contributed by atoms with Crippen molar-refractivity contribution in [3.8, 4) is 5.75 Å². The number of methoxy groups -OCH3 is 1. The van der Waals surface area contributed by atoms with Crippen molar-refractivity contribution in [2.75, 3.05) is 40.5 Å². The number of aryl methyl sites for hydroxylation is 1. The predicted octanol–water partition coefficient (Wildman–Crippen LogP) is 3.20. The molecule has 7 heteroatoms. The van der Waals surface area contributed by atoms with E-state index in [2.05, 4.69) is 27.8 Å². The number of guanidine groups is 1. The summed E-state index contributed by atoms with van der Waals surface area (Å²) in [6, 6.07) is 6.19. The summed E-state index contributed by atoms with van der Waals surface area (Å²) >= 11 is 0. The summed E-state index contributed by atoms with van der Waals surface area (Å²) in [5.41, 5.74) is 2.24. The lowest BCUT2D eigenvalue weighted by Gasteiger charge is -2.15. The number of rotatable bonds is 14. The van der Waals surface area contributed by atoms with Crippen LogP contribution >= 0.6 is 0 Å². The van der Waals surface area contributed by atoms with Gasteiger partial charge >= 0.3 is 5.97 Å². The first-order chi connectivity index (χ1) is 14.1. The van der Waals surface area contributed by atoms with Crippen molar-refractivity contribution in [3.63, 3.8) is 0 Å². The number of aliphatic imine (C=N–C) groups is 1. The fourth-order valence-corrected chi connectivity index (χ4v) is 2.76. The van der Waals surface area contributed by atoms with Crippen molar-refractivity contribution in [2.24, 2.45) is 4.99 Å². The average molecular weight is 408 g/mol. The van der Waals surface area contributed by atoms with Gasteiger partial charge in [-0.25, -0.2) is 0 Å². The van der Waals surface area contributed by atoms with Crippen molar-refractivity contribution in [1.82, 2.24) is 10.6 Å². The minimum atomic E-state index is -0.100. The van der Waals surface area contributed by atoms with Crippen LogP contribution in [0.4, 0.5) is 0 Å². The molecule has 164 valence electrons. The van der Waals surface area contributed by atoms with E-state index in [-0.39, 0.29) is 5.97 Å². The zero-order chi connectivity index (χ0) is 21.3. The second-order valence-electron chi connectivity index (χ2n) is 6.77. The van der Waals surface area contributed by atoms with Crippen molar-refractivity contribution in [3.05, 3.63) is 29.3 Å². The summed E-state index contributed by atoms with van der Waals surface area (Å²) < 4.78 is 15.8. The van der Waals surface area contributed by atoms with Gasteiger partial charge in [-0.3, -0.25) is 9.79 Å². The van der Waals surface area contributed by atoms with Gasteiger partial charge in [0.1, 0.15) is 12.4 Å². The Morgan fingerprint density at radius 3 is 2.62 bits per heavy atom. The number of nitrogens with one attached hydrogen (secondary N) is 2. The van der Waals surface area contributed by atoms with Gasteiger partial charge in [-0.1, -0.05) is 25.0 Å². The summed E-state index contributed by atoms with van der Waals surface area (Å²) in [5, 5.41) is 6.66. The van der Waals surface area contributed by atoms with Gasteiger partial charge in [0.05, 0.1) is 13.2 Å². The van der Waals surface area contributed by atoms with Crippen LogP contribution in [0.2, 0.25) is 0 Å². The van der Waals surface area contributed by atoms with Crippen LogP contribution in [0.25, 0.3) is 0 Å². The number of ether oxygens (including phenoxy) is 3. The van der Waals surface area contributed by atoms with Crippen LogP contribution in [-0.2, 0) is 20.8 Å². The third-order valence-electron chi connectivity index (χ3n) is 4.34. The largest absolute Gasteiger partial charge is 0.491 e. The maximum absolute atomic E-state index is 11.3. The molecule has 0 aliphatic rings. The van der Waals surface area contributed by atoms with Gasteiger partial charge in [-0.2, -0.15) is 0 Å². The highest BCUT2D eigenvalue weighted by Gasteiger charge is 2.06. The third kappa shape index (κ3) is 11.3. The quantitative estimate of drug-likeness (QED) is 0.213. The van der Waals surface area contributed by atoms with Gasteiger partial charge in [0.25, 0.3) is 0 Å². The molecule has 0 heterocycles. The minimum Gasteiger partial charge on any atom is -0.491 e. The SMILES string of the molecule is CCOC(=O)CCCCCCNC(=NC)NCc1ccc(C)cc1OCCOC. The smallest absolute Gasteiger partial charge is 0.305 e. The number of carbonyl (C=O) groups is 1. The topological polar surface area (TPSA) is 81.2 Å². The van der Waals surface area contributed by atoms with Crippen molar-refractivity contribution >= 4 is 11.9 Å². The molecule has 0 unspecified atom stereocenters. The summed E-state index contributed by atoms with van der Waals surface area (Å²) in [6.45, 7) is 6.89. The fourth-order valence-electron chi connectivity index (χ4n) is 2.76. The molecule has 0 saturated heterocycles. The number of hydrogen-bond donors (Lipinski definition) is 2. The lowest BCUT2D eigenvalue weighted by atomic mass is 10.1. The number of carbonyl (C=O) groups excluding carboxylic acids is 1. The molecule has 29 heavy (non-hydrogen) atoms. The van der Waals surface area contributed by atoms with E-state index in [1.165, 1.54) is 0 Å². The molecule has 0 aromatic heterocycles. The van der Waals surface area contributed by atoms with Crippen molar-refractivity contribution in [1.29, 1.82) is 0 Å². The lowest BCUT2D eigenvalue weighted by molar-refractivity contribution is -0.143. The van der Waals surface area contributed by atoms with Crippen molar-refractivity contribution < 1.29 is 19.0 Å². The van der Waals surface area contributed by atoms with E-state index >= 15 is 0 Å². The molecule has 1 rings (SSSR count). The molecule has 1 aromatic carbocycles. The van der Waals surface area contributed by atoms with Crippen LogP contribution in [0.1, 0.15) is 50.2 Å². The highest BCUT2D eigenvalue weighted by atomic mass is 16.5. The maximum atomic E-state index is 11.3. The molecule has 0 bridgehead atoms. The van der Waals surface area contributed by atoms with E-state index in [4.69, 9.17) is 14.2 Å². The number of unbranched alkanes of at least 4 members (excludes halogenated alkanes) is 3. The Morgan fingerprint density at radius 1 is 1.10 bits per heavy atom. The Kier molecular flexibility index (Phi) is 13.3. The molecule has 0 fully saturated rings. The van der Waals surface area contributed by atoms with Crippen LogP contribution in [0.3, 0.4) is 0 Å². The van der Waals surface area contributed by atoms with Gasteiger partial charge < -0.3 is 24.8 Å². The normalized spacial score (nSPS) is 11.2. The third-order valence-corrected chi connectivity index (χ3v) is 4.34. The van der Waals surface area contributed by atoms with Crippen LogP contribution in [0.5, 0.6) is 5.75 Å². The number of esters is 1. The Bertz CT molecular complexity index is 620. The summed E-state index contributed by atoms with van der Waals surface area (Å²) in [6.07, 6.45) is 4.51. The Balaban J connectivity index is 2.30. The van der Waals surface area contributed by atoms with E-state index in [0.717, 1.165) is 55.1 Å². The summed E-state index contributed by atoms with van der Waals surface area (Å²) in [4.78, 5) is 15.6. The highest BCUT2D eigenvalue weighted by Crippen LogP contribution is 2.20. The predicted molar refractivity (Wildman–Crippen MR) is 116 cm³/mol. The van der Waals surface area contributed by atoms with Crippen LogP contribution in [-0.4, -0.2) is 52.5 Å². The minimum absolute atomic E-state index is 0.100. The number of nitrogens with zero attached hydrogens (tertiary/aromatic N) is 1. The van der Waals surface area contributed by atoms with E-state index < -0.39 is 0 Å². The monoisotopic (exact) mass is 407 g/mol. The molecular formula is C22H37N3O4. The fraction of sp³-hybridized carbons (Fsp3) is 0.636. The first kappa shape index (κ1) is 24.8. The molecule has 0 saturated carbocycles. The second kappa shape index (κ2) is 15.6. The van der Waals surface area contributed by atoms with Gasteiger partial charge in [-0.05, 0) is 38.3 Å². The molecule has 7 nitrogen and oxygen atoms in total. The molecule has 0 spiro atoms. The average Bonchev–Trinajstić information content (AvgIpc) is 2.71. The zero-order valence-electron chi connectivity index (χ0n) is 18.4. The zero-order valence-corrected chi connectivity index (χ0v) is 18.4. The second-order valence-corrected chi connectivity index (χ2v) is 6.77. The molecular weight excluding hydrogens is 370 g/mol. The molecule has 0 atom stereocenters. The van der Waals surface area contributed by atoms with E-state index in [1.54, 1.807) is 14.2 Å². The number of hydrogen-bond acceptors (Lipinski definition) is 5. The molecule has 0 aliphatic heterocycles. The van der Waals surface area contributed by atoms with E-state index in [9.17, 15) is 4.79 Å². The molecule has 0 radical (unpaired) electrons. The highest BCUT2D eigenvalue weighted by molar-refractivity contribution is 5.79. The van der Waals surface area contributed by atoms with Crippen LogP contribution < -0.4 is 15.4 Å². The Morgan fingerprint density at radius 2 is 1.90 bits per heavy atom. The van der Waals surface area contributed by atoms with Gasteiger partial charge in [0, 0.05) is 39.2 Å². The van der Waals surface area contributed by atoms with Gasteiger partial charge in [0.2, 0.25) is 0 Å². The van der Waals surface area contributed by atoms with Crippen molar-refractivity contribution in [2.45, 2.75) is 52.5 Å². The Labute approximate surface area is 175 Å². The van der Waals surface area contributed by atoms with Crippen LogP contribution in [0.15, 0.2) is 23.2 Å². The summed E-state index contributed by atoms with van der Waals surface area (Å²) in [5.74, 6) is 1.53. The van der Waals surface area contributed by atoms with E-state index in [0.29, 0.717) is 32.8 Å². The first-order valence-corrected chi connectivity index (χ1v) is 10.4. The number of benzene rings is 1. The lowest BCUT2D eigenvalue weighted by Crippen LogP contribution is -2.37. The van der Waals surface area contributed by atoms with E-state index in [1.807, 2.05) is 19.9 Å². The molecule has 2 N–H and O–H groups in total. The molecule has 0 aliphatic carbocycles. The Hall–Kier alpha value is -2.28. The van der Waals surface area contributed by atoms with Gasteiger partial charge in [-0.15, -0.1) is 0 Å². The maximum Gasteiger partial charge on any atom is 0.305 e. The van der Waals surface area contributed by atoms with Crippen LogP contribution in [0, 0.1) is 6.92 Å². The standard InChI is InChI=1S/C22H37N3O4/c1-5-28-21(26)10-8-6-7-9-13-24-22(23-3)25-17-19-12-11-18(2)16-20(19)29-15-14-27-4/h11-12,16H,5-10,13-15,17H2,1-4H3,(H2,23,24,25).